The fourth-order valence-electron chi connectivity index (χ4n) is 8.37. The zero-order valence-electron chi connectivity index (χ0n) is 27.7. The Balaban J connectivity index is 1.30. The molecule has 0 unspecified atom stereocenters. The SMILES string of the molecule is Cc1cc(F)ccc1B1c2ccc(F)cc2[I-]c2cc(N3c4ccccc4[Si](c4ccccc4)(c4ccccc4)c4ccccc43)cc(C)c21. The van der Waals surface area contributed by atoms with E-state index in [1.807, 2.05) is 19.1 Å². The third-order valence-electron chi connectivity index (χ3n) is 10.4. The molecule has 0 amide bonds. The molecule has 0 spiro atoms. The van der Waals surface area contributed by atoms with Crippen molar-refractivity contribution < 1.29 is 30.0 Å². The van der Waals surface area contributed by atoms with E-state index in [9.17, 15) is 8.78 Å². The molecule has 0 atom stereocenters. The van der Waals surface area contributed by atoms with Crippen molar-refractivity contribution in [2.24, 2.45) is 0 Å². The molecule has 50 heavy (non-hydrogen) atoms. The molecule has 1 nitrogen and oxygen atoms in total. The second kappa shape index (κ2) is 12.2. The summed E-state index contributed by atoms with van der Waals surface area (Å²) in [6, 6.07) is 55.0. The summed E-state index contributed by atoms with van der Waals surface area (Å²) in [4.78, 5) is 2.46. The number of rotatable bonds is 4. The number of hydrogen-bond acceptors (Lipinski definition) is 1. The molecule has 7 aromatic carbocycles. The Bertz CT molecular complexity index is 2330. The maximum absolute atomic E-state index is 14.8. The predicted molar refractivity (Wildman–Crippen MR) is 203 cm³/mol. The van der Waals surface area contributed by atoms with Crippen LogP contribution in [0.15, 0.2) is 158 Å². The van der Waals surface area contributed by atoms with Crippen LogP contribution in [0.1, 0.15) is 11.1 Å². The standard InChI is InChI=1S/C44H32BF2INSi/c1-29-25-31(46)21-23-36(29)45-37-24-22-32(47)27-38(37)48-39-28-33(26-30(2)44(39)45)49-40-17-9-11-19-42(40)50(34-13-5-3-6-14-34,35-15-7-4-8-16-35)43-20-12-10-18-41(43)49/h3-28H,1-2H3/q-1. The molecule has 0 N–H and O–H groups in total. The zero-order chi connectivity index (χ0) is 34.0. The number of fused-ring (bicyclic) bond motifs is 4. The van der Waals surface area contributed by atoms with E-state index in [1.165, 1.54) is 46.7 Å². The molecule has 0 aliphatic carbocycles. The Morgan fingerprint density at radius 3 is 1.66 bits per heavy atom. The molecule has 0 aromatic heterocycles. The number of anilines is 3. The Morgan fingerprint density at radius 1 is 0.520 bits per heavy atom. The van der Waals surface area contributed by atoms with Crippen molar-refractivity contribution >= 4 is 69.0 Å². The molecule has 242 valence electrons. The van der Waals surface area contributed by atoms with Crippen LogP contribution in [0, 0.1) is 32.6 Å². The summed E-state index contributed by atoms with van der Waals surface area (Å²) < 4.78 is 31.6. The Kier molecular flexibility index (Phi) is 7.62. The van der Waals surface area contributed by atoms with Crippen LogP contribution in [0.3, 0.4) is 0 Å². The van der Waals surface area contributed by atoms with Gasteiger partial charge in [0.15, 0.2) is 0 Å². The summed E-state index contributed by atoms with van der Waals surface area (Å²) in [6.07, 6.45) is 0. The van der Waals surface area contributed by atoms with E-state index in [4.69, 9.17) is 0 Å². The maximum atomic E-state index is 14.8. The second-order valence-corrected chi connectivity index (χ2v) is 19.8. The third kappa shape index (κ3) is 4.76. The molecule has 0 saturated carbocycles. The number of aryl methyl sites for hydroxylation is 2. The number of para-hydroxylation sites is 2. The first-order chi connectivity index (χ1) is 24.4. The summed E-state index contributed by atoms with van der Waals surface area (Å²) >= 11 is -0.694. The molecular weight excluding hydrogens is 746 g/mol. The number of hydrogen-bond donors (Lipinski definition) is 0. The van der Waals surface area contributed by atoms with Gasteiger partial charge < -0.3 is 0 Å². The van der Waals surface area contributed by atoms with Crippen LogP contribution in [0.4, 0.5) is 25.8 Å². The van der Waals surface area contributed by atoms with E-state index in [0.29, 0.717) is 0 Å². The van der Waals surface area contributed by atoms with Crippen LogP contribution in [0.5, 0.6) is 0 Å². The van der Waals surface area contributed by atoms with Crippen molar-refractivity contribution in [3.8, 4) is 0 Å². The van der Waals surface area contributed by atoms with Gasteiger partial charge in [-0.25, -0.2) is 0 Å². The summed E-state index contributed by atoms with van der Waals surface area (Å²) in [7, 11) is -2.72. The summed E-state index contributed by atoms with van der Waals surface area (Å²) in [5.41, 5.74) is 9.05. The first-order valence-corrected chi connectivity index (χ1v) is 21.1. The van der Waals surface area contributed by atoms with Gasteiger partial charge in [0.05, 0.1) is 0 Å². The first-order valence-electron chi connectivity index (χ1n) is 16.9. The van der Waals surface area contributed by atoms with Crippen molar-refractivity contribution in [3.05, 3.63) is 188 Å². The molecule has 7 aromatic rings. The number of nitrogens with zero attached hydrogens (tertiary/aromatic N) is 1. The van der Waals surface area contributed by atoms with Crippen LogP contribution in [-0.2, 0) is 0 Å². The van der Waals surface area contributed by atoms with Gasteiger partial charge in [-0.2, -0.15) is 0 Å². The van der Waals surface area contributed by atoms with Crippen LogP contribution in [-0.4, -0.2) is 14.8 Å². The molecule has 0 saturated heterocycles. The van der Waals surface area contributed by atoms with Gasteiger partial charge in [0.2, 0.25) is 0 Å². The quantitative estimate of drug-likeness (QED) is 0.197. The van der Waals surface area contributed by atoms with Crippen LogP contribution >= 0.6 is 0 Å². The molecule has 2 aliphatic rings. The Morgan fingerprint density at radius 2 is 1.06 bits per heavy atom. The first kappa shape index (κ1) is 31.2. The van der Waals surface area contributed by atoms with Crippen molar-refractivity contribution in [1.82, 2.24) is 0 Å². The van der Waals surface area contributed by atoms with Gasteiger partial charge in [0, 0.05) is 0 Å². The minimum absolute atomic E-state index is 0.0964. The van der Waals surface area contributed by atoms with Crippen molar-refractivity contribution in [2.45, 2.75) is 13.8 Å². The fourth-order valence-corrected chi connectivity index (χ4v) is 16.9. The normalized spacial score (nSPS) is 14.2. The molecule has 0 bridgehead atoms. The van der Waals surface area contributed by atoms with E-state index >= 15 is 0 Å². The molecule has 2 aliphatic heterocycles. The third-order valence-corrected chi connectivity index (χ3v) is 18.2. The molecular formula is C44H32BF2INSi-. The van der Waals surface area contributed by atoms with Crippen molar-refractivity contribution in [2.75, 3.05) is 4.90 Å². The van der Waals surface area contributed by atoms with Crippen LogP contribution in [0.2, 0.25) is 0 Å². The van der Waals surface area contributed by atoms with Crippen molar-refractivity contribution in [1.29, 1.82) is 0 Å². The molecule has 0 fully saturated rings. The zero-order valence-corrected chi connectivity index (χ0v) is 30.8. The topological polar surface area (TPSA) is 3.24 Å². The van der Waals surface area contributed by atoms with Gasteiger partial charge >= 0.3 is 305 Å². The van der Waals surface area contributed by atoms with E-state index in [0.717, 1.165) is 25.7 Å². The van der Waals surface area contributed by atoms with Gasteiger partial charge in [-0.05, 0) is 0 Å². The number of benzene rings is 7. The van der Waals surface area contributed by atoms with Crippen molar-refractivity contribution in [3.63, 3.8) is 0 Å². The van der Waals surface area contributed by atoms with Crippen LogP contribution in [0.25, 0.3) is 0 Å². The van der Waals surface area contributed by atoms with Gasteiger partial charge in [0.1, 0.15) is 0 Å². The summed E-state index contributed by atoms with van der Waals surface area (Å²) in [6.45, 7) is 4.09. The van der Waals surface area contributed by atoms with Crippen LogP contribution < -0.4 is 63.2 Å². The van der Waals surface area contributed by atoms with E-state index in [1.54, 1.807) is 24.3 Å². The minimum atomic E-state index is -2.72. The van der Waals surface area contributed by atoms with Gasteiger partial charge in [-0.15, -0.1) is 0 Å². The molecule has 0 radical (unpaired) electrons. The monoisotopic (exact) mass is 778 g/mol. The molecule has 9 rings (SSSR count). The molecule has 6 heteroatoms. The summed E-state index contributed by atoms with van der Waals surface area (Å²) in [5.74, 6) is -0.453. The Hall–Kier alpha value is -4.79. The van der Waals surface area contributed by atoms with Gasteiger partial charge in [0.25, 0.3) is 0 Å². The average Bonchev–Trinajstić information content (AvgIpc) is 3.14. The van der Waals surface area contributed by atoms with E-state index < -0.39 is 29.3 Å². The fraction of sp³-hybridized carbons (Fsp3) is 0.0455. The number of halogens is 3. The van der Waals surface area contributed by atoms with Gasteiger partial charge in [-0.1, -0.05) is 0 Å². The Labute approximate surface area is 303 Å². The van der Waals surface area contributed by atoms with E-state index in [2.05, 4.69) is 133 Å². The second-order valence-electron chi connectivity index (χ2n) is 13.2. The predicted octanol–water partition coefficient (Wildman–Crippen LogP) is 2.70. The van der Waals surface area contributed by atoms with Gasteiger partial charge in [-0.3, -0.25) is 0 Å². The van der Waals surface area contributed by atoms with E-state index in [-0.39, 0.29) is 18.3 Å². The summed E-state index contributed by atoms with van der Waals surface area (Å²) in [5, 5.41) is 5.42. The average molecular weight is 779 g/mol. The molecule has 2 heterocycles.